The Bertz CT molecular complexity index is 592. The minimum atomic E-state index is 0.395. The Morgan fingerprint density at radius 1 is 1.16 bits per heavy atom. The molecule has 0 amide bonds. The molecule has 2 heteroatoms. The molecule has 0 radical (unpaired) electrons. The number of benzene rings is 2. The van der Waals surface area contributed by atoms with E-state index in [1.807, 2.05) is 0 Å². The second-order valence-corrected chi connectivity index (χ2v) is 5.12. The molecule has 1 atom stereocenters. The van der Waals surface area contributed by atoms with Crippen molar-refractivity contribution in [3.8, 4) is 5.75 Å². The highest BCUT2D eigenvalue weighted by Gasteiger charge is 2.23. The van der Waals surface area contributed by atoms with Gasteiger partial charge in [0.15, 0.2) is 0 Å². The molecule has 1 N–H and O–H groups in total. The number of para-hydroxylation sites is 1. The Kier molecular flexibility index (Phi) is 3.16. The van der Waals surface area contributed by atoms with Crippen LogP contribution < -0.4 is 10.1 Å². The fourth-order valence-electron chi connectivity index (χ4n) is 2.78. The van der Waals surface area contributed by atoms with E-state index < -0.39 is 0 Å². The van der Waals surface area contributed by atoms with Gasteiger partial charge in [-0.2, -0.15) is 0 Å². The van der Waals surface area contributed by atoms with Gasteiger partial charge in [-0.1, -0.05) is 24.3 Å². The Hall–Kier alpha value is -1.96. The largest absolute Gasteiger partial charge is 0.497 e. The number of aryl methyl sites for hydroxylation is 2. The molecule has 0 saturated carbocycles. The zero-order valence-corrected chi connectivity index (χ0v) is 11.4. The van der Waals surface area contributed by atoms with Crippen molar-refractivity contribution in [2.24, 2.45) is 0 Å². The van der Waals surface area contributed by atoms with Gasteiger partial charge in [-0.3, -0.25) is 0 Å². The van der Waals surface area contributed by atoms with Gasteiger partial charge in [0.25, 0.3) is 0 Å². The van der Waals surface area contributed by atoms with Gasteiger partial charge in [-0.25, -0.2) is 0 Å². The molecule has 0 bridgehead atoms. The smallest absolute Gasteiger partial charge is 0.119 e. The molecule has 0 aromatic heterocycles. The Labute approximate surface area is 114 Å². The zero-order chi connectivity index (χ0) is 13.2. The Morgan fingerprint density at radius 3 is 2.79 bits per heavy atom. The van der Waals surface area contributed by atoms with E-state index in [-0.39, 0.29) is 0 Å². The second kappa shape index (κ2) is 4.96. The Balaban J connectivity index is 1.88. The maximum atomic E-state index is 5.33. The van der Waals surface area contributed by atoms with Gasteiger partial charge in [0.05, 0.1) is 13.2 Å². The molecule has 98 valence electrons. The number of hydrogen-bond donors (Lipinski definition) is 1. The summed E-state index contributed by atoms with van der Waals surface area (Å²) in [5.41, 5.74) is 5.33. The first-order valence-corrected chi connectivity index (χ1v) is 6.77. The Morgan fingerprint density at radius 2 is 2.00 bits per heavy atom. The minimum Gasteiger partial charge on any atom is -0.497 e. The van der Waals surface area contributed by atoms with E-state index in [4.69, 9.17) is 4.74 Å². The highest BCUT2D eigenvalue weighted by Crippen LogP contribution is 2.36. The molecule has 1 aliphatic rings. The quantitative estimate of drug-likeness (QED) is 0.889. The monoisotopic (exact) mass is 253 g/mol. The molecule has 2 aromatic rings. The number of nitrogens with one attached hydrogen (secondary N) is 1. The van der Waals surface area contributed by atoms with Crippen LogP contribution in [0.15, 0.2) is 42.5 Å². The van der Waals surface area contributed by atoms with Crippen molar-refractivity contribution in [3.63, 3.8) is 0 Å². The van der Waals surface area contributed by atoms with Gasteiger partial charge >= 0.3 is 0 Å². The van der Waals surface area contributed by atoms with Crippen LogP contribution in [0.25, 0.3) is 0 Å². The number of methoxy groups -OCH3 is 1. The predicted molar refractivity (Wildman–Crippen MR) is 78.9 cm³/mol. The van der Waals surface area contributed by atoms with Gasteiger partial charge in [0.1, 0.15) is 5.75 Å². The fraction of sp³-hybridized carbons (Fsp3) is 0.294. The summed E-state index contributed by atoms with van der Waals surface area (Å²) in [6.07, 6.45) is 2.29. The lowest BCUT2D eigenvalue weighted by Gasteiger charge is -2.17. The van der Waals surface area contributed by atoms with E-state index >= 15 is 0 Å². The number of anilines is 1. The second-order valence-electron chi connectivity index (χ2n) is 5.12. The van der Waals surface area contributed by atoms with Crippen LogP contribution in [-0.4, -0.2) is 7.11 Å². The molecule has 0 aliphatic heterocycles. The first-order chi connectivity index (χ1) is 9.28. The summed E-state index contributed by atoms with van der Waals surface area (Å²) in [6, 6.07) is 15.2. The number of rotatable bonds is 3. The molecule has 3 rings (SSSR count). The molecule has 0 spiro atoms. The molecule has 2 nitrogen and oxygen atoms in total. The lowest BCUT2D eigenvalue weighted by Crippen LogP contribution is -2.08. The highest BCUT2D eigenvalue weighted by atomic mass is 16.5. The normalized spacial score (nSPS) is 17.1. The lowest BCUT2D eigenvalue weighted by molar-refractivity contribution is 0.414. The van der Waals surface area contributed by atoms with E-state index in [9.17, 15) is 0 Å². The van der Waals surface area contributed by atoms with Crippen molar-refractivity contribution < 1.29 is 4.74 Å². The van der Waals surface area contributed by atoms with Crippen LogP contribution in [0.4, 0.5) is 5.69 Å². The third kappa shape index (κ3) is 2.30. The zero-order valence-electron chi connectivity index (χ0n) is 11.4. The van der Waals surface area contributed by atoms with Gasteiger partial charge in [-0.15, -0.1) is 0 Å². The van der Waals surface area contributed by atoms with Crippen LogP contribution >= 0.6 is 0 Å². The number of ether oxygens (including phenoxy) is 1. The first kappa shape index (κ1) is 12.1. The van der Waals surface area contributed by atoms with Crippen molar-refractivity contribution in [1.82, 2.24) is 0 Å². The standard InChI is InChI=1S/C17H19NO/c1-12-5-3-4-6-16(12)18-17-10-8-13-7-9-14(19-2)11-15(13)17/h3-7,9,11,17-18H,8,10H2,1-2H3. The van der Waals surface area contributed by atoms with Crippen LogP contribution in [0, 0.1) is 6.92 Å². The van der Waals surface area contributed by atoms with E-state index in [1.54, 1.807) is 7.11 Å². The molecule has 1 aliphatic carbocycles. The summed E-state index contributed by atoms with van der Waals surface area (Å²) in [5, 5.41) is 3.66. The predicted octanol–water partition coefficient (Wildman–Crippen LogP) is 4.10. The van der Waals surface area contributed by atoms with E-state index in [0.717, 1.165) is 18.6 Å². The molecular formula is C17H19NO. The van der Waals surface area contributed by atoms with Gasteiger partial charge in [0, 0.05) is 5.69 Å². The summed E-state index contributed by atoms with van der Waals surface area (Å²) in [7, 11) is 1.72. The van der Waals surface area contributed by atoms with Crippen LogP contribution in [0.2, 0.25) is 0 Å². The number of fused-ring (bicyclic) bond motifs is 1. The van der Waals surface area contributed by atoms with E-state index in [2.05, 4.69) is 54.7 Å². The minimum absolute atomic E-state index is 0.395. The molecule has 0 saturated heterocycles. The van der Waals surface area contributed by atoms with E-state index in [1.165, 1.54) is 22.4 Å². The highest BCUT2D eigenvalue weighted by molar-refractivity contribution is 5.54. The number of hydrogen-bond acceptors (Lipinski definition) is 2. The van der Waals surface area contributed by atoms with Crippen molar-refractivity contribution in [3.05, 3.63) is 59.2 Å². The fourth-order valence-corrected chi connectivity index (χ4v) is 2.78. The topological polar surface area (TPSA) is 21.3 Å². The van der Waals surface area contributed by atoms with Crippen LogP contribution in [-0.2, 0) is 6.42 Å². The molecule has 0 heterocycles. The average molecular weight is 253 g/mol. The molecule has 2 aromatic carbocycles. The van der Waals surface area contributed by atoms with E-state index in [0.29, 0.717) is 6.04 Å². The first-order valence-electron chi connectivity index (χ1n) is 6.77. The van der Waals surface area contributed by atoms with Crippen LogP contribution in [0.5, 0.6) is 5.75 Å². The average Bonchev–Trinajstić information content (AvgIpc) is 2.84. The van der Waals surface area contributed by atoms with Crippen LogP contribution in [0.1, 0.15) is 29.2 Å². The summed E-state index contributed by atoms with van der Waals surface area (Å²) in [5.74, 6) is 0.942. The molecule has 1 unspecified atom stereocenters. The summed E-state index contributed by atoms with van der Waals surface area (Å²) < 4.78 is 5.33. The van der Waals surface area contributed by atoms with Gasteiger partial charge < -0.3 is 10.1 Å². The summed E-state index contributed by atoms with van der Waals surface area (Å²) in [4.78, 5) is 0. The molecule has 19 heavy (non-hydrogen) atoms. The summed E-state index contributed by atoms with van der Waals surface area (Å²) >= 11 is 0. The van der Waals surface area contributed by atoms with Gasteiger partial charge in [-0.05, 0) is 54.7 Å². The summed E-state index contributed by atoms with van der Waals surface area (Å²) in [6.45, 7) is 2.14. The van der Waals surface area contributed by atoms with Gasteiger partial charge in [0.2, 0.25) is 0 Å². The SMILES string of the molecule is COc1ccc2c(c1)C(Nc1ccccc1C)CC2. The third-order valence-corrected chi connectivity index (χ3v) is 3.91. The van der Waals surface area contributed by atoms with Crippen molar-refractivity contribution in [1.29, 1.82) is 0 Å². The lowest BCUT2D eigenvalue weighted by atomic mass is 10.1. The van der Waals surface area contributed by atoms with Crippen molar-refractivity contribution >= 4 is 5.69 Å². The third-order valence-electron chi connectivity index (χ3n) is 3.91. The van der Waals surface area contributed by atoms with Crippen molar-refractivity contribution in [2.75, 3.05) is 12.4 Å². The van der Waals surface area contributed by atoms with Crippen LogP contribution in [0.3, 0.4) is 0 Å². The molecular weight excluding hydrogens is 234 g/mol. The maximum Gasteiger partial charge on any atom is 0.119 e. The maximum absolute atomic E-state index is 5.33. The van der Waals surface area contributed by atoms with Crippen molar-refractivity contribution in [2.45, 2.75) is 25.8 Å². The molecule has 0 fully saturated rings.